The van der Waals surface area contributed by atoms with Crippen molar-refractivity contribution in [2.24, 2.45) is 0 Å². The Hall–Kier alpha value is -2.93. The smallest absolute Gasteiger partial charge is 0.321 e. The zero-order chi connectivity index (χ0) is 18.1. The van der Waals surface area contributed by atoms with Crippen LogP contribution in [-0.4, -0.2) is 29.5 Å². The summed E-state index contributed by atoms with van der Waals surface area (Å²) in [6.07, 6.45) is 0.293. The van der Waals surface area contributed by atoms with Gasteiger partial charge in [-0.2, -0.15) is 0 Å². The van der Waals surface area contributed by atoms with Gasteiger partial charge in [-0.3, -0.25) is 10.1 Å². The monoisotopic (exact) mass is 366 g/mol. The second-order valence-corrected chi connectivity index (χ2v) is 7.31. The van der Waals surface area contributed by atoms with Crippen molar-refractivity contribution in [1.29, 1.82) is 0 Å². The highest BCUT2D eigenvalue weighted by molar-refractivity contribution is 7.22. The van der Waals surface area contributed by atoms with Gasteiger partial charge in [0.25, 0.3) is 0 Å². The number of hydrogen-bond acceptors (Lipinski definition) is 4. The molecule has 2 heterocycles. The highest BCUT2D eigenvalue weighted by atomic mass is 32.1. The number of nitrogens with zero attached hydrogens (tertiary/aromatic N) is 2. The molecule has 1 saturated heterocycles. The minimum Gasteiger partial charge on any atom is -0.333 e. The molecule has 132 valence electrons. The van der Waals surface area contributed by atoms with Crippen LogP contribution >= 0.6 is 11.3 Å². The van der Waals surface area contributed by atoms with Gasteiger partial charge in [-0.05, 0) is 30.7 Å². The first-order valence-corrected chi connectivity index (χ1v) is 9.21. The van der Waals surface area contributed by atoms with Crippen molar-refractivity contribution < 1.29 is 9.59 Å². The van der Waals surface area contributed by atoms with Gasteiger partial charge in [0.2, 0.25) is 5.91 Å². The van der Waals surface area contributed by atoms with Crippen LogP contribution in [0.3, 0.4) is 0 Å². The number of thiazole rings is 1. The topological polar surface area (TPSA) is 74.3 Å². The van der Waals surface area contributed by atoms with Crippen molar-refractivity contribution in [3.8, 4) is 0 Å². The van der Waals surface area contributed by atoms with E-state index in [9.17, 15) is 9.59 Å². The molecule has 1 aromatic heterocycles. The fourth-order valence-corrected chi connectivity index (χ4v) is 4.06. The third kappa shape index (κ3) is 3.25. The summed E-state index contributed by atoms with van der Waals surface area (Å²) < 4.78 is 1.03. The molecule has 4 rings (SSSR count). The maximum Gasteiger partial charge on any atom is 0.321 e. The lowest BCUT2D eigenvalue weighted by atomic mass is 10.2. The molecule has 7 heteroatoms. The van der Waals surface area contributed by atoms with Crippen LogP contribution in [0.5, 0.6) is 0 Å². The van der Waals surface area contributed by atoms with Crippen LogP contribution in [-0.2, 0) is 4.79 Å². The Balaban J connectivity index is 1.40. The van der Waals surface area contributed by atoms with Crippen LogP contribution in [0, 0.1) is 6.92 Å². The van der Waals surface area contributed by atoms with Gasteiger partial charge in [-0.15, -0.1) is 0 Å². The number of anilines is 2. The van der Waals surface area contributed by atoms with E-state index in [0.717, 1.165) is 21.5 Å². The van der Waals surface area contributed by atoms with Gasteiger partial charge in [-0.1, -0.05) is 41.7 Å². The number of para-hydroxylation sites is 2. The molecule has 0 spiro atoms. The predicted octanol–water partition coefficient (Wildman–Crippen LogP) is 3.53. The van der Waals surface area contributed by atoms with Gasteiger partial charge >= 0.3 is 6.03 Å². The van der Waals surface area contributed by atoms with E-state index in [1.54, 1.807) is 4.90 Å². The molecule has 3 aromatic rings. The summed E-state index contributed by atoms with van der Waals surface area (Å²) in [5, 5.41) is 6.20. The number of carbonyl (C=O) groups excluding carboxylic acids is 2. The molecule has 1 aliphatic rings. The fourth-order valence-electron chi connectivity index (χ4n) is 3.12. The second kappa shape index (κ2) is 6.76. The average Bonchev–Trinajstić information content (AvgIpc) is 3.19. The van der Waals surface area contributed by atoms with Crippen LogP contribution in [0.2, 0.25) is 0 Å². The number of amides is 3. The standard InChI is InChI=1S/C19H18N4O2S/c1-12-6-5-9-15-17(12)21-19(26-15)22-18(25)20-13-10-16(24)23(11-13)14-7-3-2-4-8-14/h2-9,13H,10-11H2,1H3,(H2,20,21,22,25). The molecule has 0 saturated carbocycles. The quantitative estimate of drug-likeness (QED) is 0.745. The number of rotatable bonds is 3. The third-order valence-corrected chi connectivity index (χ3v) is 5.31. The average molecular weight is 366 g/mol. The minimum atomic E-state index is -0.338. The summed E-state index contributed by atoms with van der Waals surface area (Å²) >= 11 is 1.44. The molecule has 26 heavy (non-hydrogen) atoms. The largest absolute Gasteiger partial charge is 0.333 e. The number of fused-ring (bicyclic) bond motifs is 1. The summed E-state index contributed by atoms with van der Waals surface area (Å²) in [7, 11) is 0. The first-order chi connectivity index (χ1) is 12.6. The van der Waals surface area contributed by atoms with E-state index < -0.39 is 0 Å². The highest BCUT2D eigenvalue weighted by Gasteiger charge is 2.31. The third-order valence-electron chi connectivity index (χ3n) is 4.37. The molecule has 0 bridgehead atoms. The van der Waals surface area contributed by atoms with E-state index in [1.807, 2.05) is 55.5 Å². The molecule has 0 radical (unpaired) electrons. The maximum absolute atomic E-state index is 12.3. The van der Waals surface area contributed by atoms with Crippen molar-refractivity contribution >= 4 is 44.3 Å². The van der Waals surface area contributed by atoms with E-state index in [2.05, 4.69) is 15.6 Å². The Morgan fingerprint density at radius 3 is 2.77 bits per heavy atom. The van der Waals surface area contributed by atoms with E-state index >= 15 is 0 Å². The van der Waals surface area contributed by atoms with Crippen molar-refractivity contribution in [2.45, 2.75) is 19.4 Å². The number of aromatic nitrogens is 1. The highest BCUT2D eigenvalue weighted by Crippen LogP contribution is 2.28. The van der Waals surface area contributed by atoms with Gasteiger partial charge in [0, 0.05) is 18.7 Å². The SMILES string of the molecule is Cc1cccc2sc(NC(=O)NC3CC(=O)N(c4ccccc4)C3)nc12. The molecule has 6 nitrogen and oxygen atoms in total. The van der Waals surface area contributed by atoms with Crippen LogP contribution in [0.15, 0.2) is 48.5 Å². The molecule has 1 fully saturated rings. The van der Waals surface area contributed by atoms with E-state index in [-0.39, 0.29) is 18.0 Å². The van der Waals surface area contributed by atoms with E-state index in [1.165, 1.54) is 11.3 Å². The fraction of sp³-hybridized carbons (Fsp3) is 0.211. The Morgan fingerprint density at radius 2 is 2.00 bits per heavy atom. The molecule has 2 aromatic carbocycles. The summed E-state index contributed by atoms with van der Waals surface area (Å²) in [6, 6.07) is 14.9. The molecule has 1 aliphatic heterocycles. The molecule has 3 amide bonds. The lowest BCUT2D eigenvalue weighted by Crippen LogP contribution is -2.39. The number of urea groups is 1. The van der Waals surface area contributed by atoms with Crippen molar-refractivity contribution in [3.05, 3.63) is 54.1 Å². The summed E-state index contributed by atoms with van der Waals surface area (Å²) in [4.78, 5) is 30.7. The molecular weight excluding hydrogens is 348 g/mol. The summed E-state index contributed by atoms with van der Waals surface area (Å²) in [5.74, 6) is 0.0112. The Bertz CT molecular complexity index is 970. The molecule has 0 aliphatic carbocycles. The first kappa shape index (κ1) is 16.5. The van der Waals surface area contributed by atoms with Gasteiger partial charge in [0.1, 0.15) is 0 Å². The Labute approximate surface area is 154 Å². The minimum absolute atomic E-state index is 0.0112. The van der Waals surface area contributed by atoms with Crippen LogP contribution in [0.4, 0.5) is 15.6 Å². The Morgan fingerprint density at radius 1 is 1.19 bits per heavy atom. The molecule has 1 atom stereocenters. The zero-order valence-electron chi connectivity index (χ0n) is 14.2. The number of carbonyl (C=O) groups is 2. The number of nitrogens with one attached hydrogen (secondary N) is 2. The lowest BCUT2D eigenvalue weighted by molar-refractivity contribution is -0.117. The normalized spacial score (nSPS) is 16.9. The van der Waals surface area contributed by atoms with Crippen LogP contribution in [0.25, 0.3) is 10.2 Å². The molecule has 1 unspecified atom stereocenters. The van der Waals surface area contributed by atoms with Gasteiger partial charge in [0.05, 0.1) is 16.3 Å². The maximum atomic E-state index is 12.3. The van der Waals surface area contributed by atoms with E-state index in [0.29, 0.717) is 18.1 Å². The number of benzene rings is 2. The number of aryl methyl sites for hydroxylation is 1. The van der Waals surface area contributed by atoms with Crippen molar-refractivity contribution in [2.75, 3.05) is 16.8 Å². The zero-order valence-corrected chi connectivity index (χ0v) is 15.0. The van der Waals surface area contributed by atoms with Crippen molar-refractivity contribution in [1.82, 2.24) is 10.3 Å². The summed E-state index contributed by atoms with van der Waals surface area (Å²) in [6.45, 7) is 2.46. The van der Waals surface area contributed by atoms with Gasteiger partial charge in [-0.25, -0.2) is 9.78 Å². The van der Waals surface area contributed by atoms with Gasteiger partial charge < -0.3 is 10.2 Å². The first-order valence-electron chi connectivity index (χ1n) is 8.39. The summed E-state index contributed by atoms with van der Waals surface area (Å²) in [5.41, 5.74) is 2.83. The predicted molar refractivity (Wildman–Crippen MR) is 104 cm³/mol. The van der Waals surface area contributed by atoms with Gasteiger partial charge in [0.15, 0.2) is 5.13 Å². The lowest BCUT2D eigenvalue weighted by Gasteiger charge is -2.17. The van der Waals surface area contributed by atoms with Crippen LogP contribution < -0.4 is 15.5 Å². The van der Waals surface area contributed by atoms with Crippen LogP contribution in [0.1, 0.15) is 12.0 Å². The second-order valence-electron chi connectivity index (χ2n) is 6.28. The number of hydrogen-bond donors (Lipinski definition) is 2. The van der Waals surface area contributed by atoms with E-state index in [4.69, 9.17) is 0 Å². The molecular formula is C19H18N4O2S. The Kier molecular flexibility index (Phi) is 4.30. The van der Waals surface area contributed by atoms with Crippen molar-refractivity contribution in [3.63, 3.8) is 0 Å². The molecule has 2 N–H and O–H groups in total.